The smallest absolute Gasteiger partial charge is 0.222 e. The molecule has 20 heavy (non-hydrogen) atoms. The number of methoxy groups -OCH3 is 1. The molecule has 1 N–H and O–H groups in total. The molecule has 104 valence electrons. The molecule has 0 aliphatic rings. The van der Waals surface area contributed by atoms with Crippen molar-refractivity contribution in [3.8, 4) is 16.9 Å². The molecule has 0 radical (unpaired) electrons. The molecular formula is C15H15BrN2O2. The zero-order chi connectivity index (χ0) is 14.7. The zero-order valence-electron chi connectivity index (χ0n) is 11.5. The highest BCUT2D eigenvalue weighted by Gasteiger charge is 2.15. The molecule has 0 fully saturated rings. The fraction of sp³-hybridized carbons (Fsp3) is 0.200. The largest absolute Gasteiger partial charge is 0.492 e. The van der Waals surface area contributed by atoms with Crippen LogP contribution in [0.5, 0.6) is 5.75 Å². The number of hydrogen-bond acceptors (Lipinski definition) is 3. The summed E-state index contributed by atoms with van der Waals surface area (Å²) in [5, 5.41) is 2.68. The number of nitrogens with zero attached hydrogens (tertiary/aromatic N) is 1. The Kier molecular flexibility index (Phi) is 4.39. The number of anilines is 1. The molecule has 1 amide bonds. The summed E-state index contributed by atoms with van der Waals surface area (Å²) in [7, 11) is 1.57. The third-order valence-electron chi connectivity index (χ3n) is 2.96. The predicted molar refractivity (Wildman–Crippen MR) is 83.0 cm³/mol. The number of pyridine rings is 1. The van der Waals surface area contributed by atoms with Crippen molar-refractivity contribution in [2.24, 2.45) is 0 Å². The Hall–Kier alpha value is -1.88. The number of ether oxygens (including phenoxy) is 1. The Labute approximate surface area is 126 Å². The van der Waals surface area contributed by atoms with Crippen LogP contribution in [0.1, 0.15) is 12.5 Å². The zero-order valence-corrected chi connectivity index (χ0v) is 13.1. The molecule has 5 heteroatoms. The molecule has 0 bridgehead atoms. The highest BCUT2D eigenvalue weighted by Crippen LogP contribution is 2.38. The van der Waals surface area contributed by atoms with Gasteiger partial charge < -0.3 is 10.1 Å². The first-order valence-corrected chi connectivity index (χ1v) is 6.90. The van der Waals surface area contributed by atoms with Crippen molar-refractivity contribution < 1.29 is 9.53 Å². The molecule has 4 nitrogen and oxygen atoms in total. The molecule has 0 spiro atoms. The van der Waals surface area contributed by atoms with Crippen molar-refractivity contribution in [3.63, 3.8) is 0 Å². The van der Waals surface area contributed by atoms with Gasteiger partial charge in [0.2, 0.25) is 5.91 Å². The average Bonchev–Trinajstić information content (AvgIpc) is 2.41. The third-order valence-corrected chi connectivity index (χ3v) is 3.82. The van der Waals surface area contributed by atoms with Gasteiger partial charge in [0.1, 0.15) is 0 Å². The number of benzene rings is 1. The molecule has 1 aromatic carbocycles. The van der Waals surface area contributed by atoms with Gasteiger partial charge in [-0.2, -0.15) is 0 Å². The molecule has 2 rings (SSSR count). The van der Waals surface area contributed by atoms with Crippen LogP contribution in [0.15, 0.2) is 34.9 Å². The van der Waals surface area contributed by atoms with Crippen LogP contribution in [-0.4, -0.2) is 18.0 Å². The number of carbonyl (C=O) groups is 1. The minimum Gasteiger partial charge on any atom is -0.492 e. The Morgan fingerprint density at radius 1 is 1.30 bits per heavy atom. The maximum Gasteiger partial charge on any atom is 0.222 e. The lowest BCUT2D eigenvalue weighted by atomic mass is 10.0. The maximum absolute atomic E-state index is 11.2. The minimum atomic E-state index is -0.182. The second-order valence-electron chi connectivity index (χ2n) is 4.33. The van der Waals surface area contributed by atoms with Crippen LogP contribution in [-0.2, 0) is 4.79 Å². The summed E-state index contributed by atoms with van der Waals surface area (Å²) >= 11 is 3.52. The Balaban J connectivity index is 2.62. The maximum atomic E-state index is 11.2. The second kappa shape index (κ2) is 6.05. The van der Waals surface area contributed by atoms with Gasteiger partial charge in [-0.1, -0.05) is 28.1 Å². The highest BCUT2D eigenvalue weighted by molar-refractivity contribution is 9.10. The molecule has 2 aromatic rings. The van der Waals surface area contributed by atoms with Crippen LogP contribution < -0.4 is 10.1 Å². The van der Waals surface area contributed by atoms with Crippen molar-refractivity contribution in [2.75, 3.05) is 12.4 Å². The summed E-state index contributed by atoms with van der Waals surface area (Å²) in [5.41, 5.74) is 3.03. The van der Waals surface area contributed by atoms with E-state index in [1.807, 2.05) is 31.2 Å². The summed E-state index contributed by atoms with van der Waals surface area (Å²) < 4.78 is 6.46. The number of hydrogen-bond donors (Lipinski definition) is 1. The van der Waals surface area contributed by atoms with Gasteiger partial charge in [0.15, 0.2) is 11.6 Å². The quantitative estimate of drug-likeness (QED) is 0.929. The van der Waals surface area contributed by atoms with Crippen LogP contribution in [0.3, 0.4) is 0 Å². The van der Waals surface area contributed by atoms with Crippen LogP contribution in [0, 0.1) is 6.92 Å². The predicted octanol–water partition coefficient (Wildman–Crippen LogP) is 3.79. The van der Waals surface area contributed by atoms with E-state index in [0.29, 0.717) is 11.6 Å². The van der Waals surface area contributed by atoms with Crippen molar-refractivity contribution in [3.05, 3.63) is 40.5 Å². The van der Waals surface area contributed by atoms with Gasteiger partial charge in [-0.15, -0.1) is 0 Å². The molecule has 0 unspecified atom stereocenters. The summed E-state index contributed by atoms with van der Waals surface area (Å²) in [6.07, 6.45) is 1.66. The number of aromatic nitrogens is 1. The van der Waals surface area contributed by atoms with Crippen LogP contribution >= 0.6 is 15.9 Å². The second-order valence-corrected chi connectivity index (χ2v) is 5.19. The first kappa shape index (κ1) is 14.5. The van der Waals surface area contributed by atoms with Crippen molar-refractivity contribution in [1.82, 2.24) is 4.98 Å². The van der Waals surface area contributed by atoms with Gasteiger partial charge in [-0.3, -0.25) is 4.79 Å². The van der Waals surface area contributed by atoms with Crippen molar-refractivity contribution >= 4 is 27.7 Å². The van der Waals surface area contributed by atoms with E-state index in [4.69, 9.17) is 4.74 Å². The fourth-order valence-corrected chi connectivity index (χ4v) is 2.39. The first-order chi connectivity index (χ1) is 9.54. The molecule has 0 atom stereocenters. The van der Waals surface area contributed by atoms with Crippen LogP contribution in [0.2, 0.25) is 0 Å². The molecule has 0 saturated heterocycles. The topological polar surface area (TPSA) is 51.2 Å². The molecule has 0 aliphatic heterocycles. The number of carbonyl (C=O) groups excluding carboxylic acids is 1. The van der Waals surface area contributed by atoms with Gasteiger partial charge in [0.05, 0.1) is 7.11 Å². The van der Waals surface area contributed by atoms with Gasteiger partial charge in [0, 0.05) is 23.2 Å². The van der Waals surface area contributed by atoms with E-state index in [9.17, 15) is 4.79 Å². The van der Waals surface area contributed by atoms with E-state index in [-0.39, 0.29) is 5.91 Å². The molecule has 0 saturated carbocycles. The van der Waals surface area contributed by atoms with E-state index in [2.05, 4.69) is 26.2 Å². The standard InChI is InChI=1S/C15H15BrN2O2/c1-9-11(5-4-6-13(9)16)12-7-8-17-15(14(12)20-3)18-10(2)19/h4-8H,1-3H3,(H,17,18,19). The summed E-state index contributed by atoms with van der Waals surface area (Å²) in [6.45, 7) is 3.47. The number of rotatable bonds is 3. The number of halogens is 1. The van der Waals surface area contributed by atoms with E-state index < -0.39 is 0 Å². The average molecular weight is 335 g/mol. The molecule has 0 aliphatic carbocycles. The third kappa shape index (κ3) is 2.82. The lowest BCUT2D eigenvalue weighted by molar-refractivity contribution is -0.114. The molecule has 1 aromatic heterocycles. The van der Waals surface area contributed by atoms with E-state index in [1.165, 1.54) is 6.92 Å². The van der Waals surface area contributed by atoms with Crippen molar-refractivity contribution in [1.29, 1.82) is 0 Å². The number of amides is 1. The summed E-state index contributed by atoms with van der Waals surface area (Å²) in [5.74, 6) is 0.805. The van der Waals surface area contributed by atoms with E-state index >= 15 is 0 Å². The number of nitrogens with one attached hydrogen (secondary N) is 1. The lowest BCUT2D eigenvalue weighted by Crippen LogP contribution is -2.09. The Morgan fingerprint density at radius 2 is 2.05 bits per heavy atom. The van der Waals surface area contributed by atoms with Gasteiger partial charge in [0.25, 0.3) is 0 Å². The highest BCUT2D eigenvalue weighted by atomic mass is 79.9. The fourth-order valence-electron chi connectivity index (χ4n) is 2.02. The monoisotopic (exact) mass is 334 g/mol. The molecular weight excluding hydrogens is 320 g/mol. The summed E-state index contributed by atoms with van der Waals surface area (Å²) in [6, 6.07) is 7.83. The lowest BCUT2D eigenvalue weighted by Gasteiger charge is -2.15. The van der Waals surface area contributed by atoms with E-state index in [0.717, 1.165) is 21.2 Å². The molecule has 1 heterocycles. The summed E-state index contributed by atoms with van der Waals surface area (Å²) in [4.78, 5) is 15.4. The minimum absolute atomic E-state index is 0.182. The van der Waals surface area contributed by atoms with Crippen LogP contribution in [0.25, 0.3) is 11.1 Å². The Bertz CT molecular complexity index is 656. The SMILES string of the molecule is COc1c(-c2cccc(Br)c2C)ccnc1NC(C)=O. The first-order valence-electron chi connectivity index (χ1n) is 6.10. The van der Waals surface area contributed by atoms with Crippen molar-refractivity contribution in [2.45, 2.75) is 13.8 Å². The Morgan fingerprint density at radius 3 is 2.70 bits per heavy atom. The van der Waals surface area contributed by atoms with Gasteiger partial charge in [-0.05, 0) is 30.2 Å². The normalized spacial score (nSPS) is 10.2. The van der Waals surface area contributed by atoms with E-state index in [1.54, 1.807) is 13.3 Å². The van der Waals surface area contributed by atoms with Crippen LogP contribution in [0.4, 0.5) is 5.82 Å². The van der Waals surface area contributed by atoms with Gasteiger partial charge >= 0.3 is 0 Å². The van der Waals surface area contributed by atoms with Gasteiger partial charge in [-0.25, -0.2) is 4.98 Å².